The lowest BCUT2D eigenvalue weighted by atomic mass is 10.2. The summed E-state index contributed by atoms with van der Waals surface area (Å²) in [4.78, 5) is 12.5. The van der Waals surface area contributed by atoms with Gasteiger partial charge in [0.2, 0.25) is 0 Å². The van der Waals surface area contributed by atoms with E-state index in [-0.39, 0.29) is 5.12 Å². The highest BCUT2D eigenvalue weighted by molar-refractivity contribution is 8.13. The molecule has 76 valence electrons. The van der Waals surface area contributed by atoms with Crippen LogP contribution in [0.15, 0.2) is 35.2 Å². The normalized spacial score (nSPS) is 10.1. The first-order chi connectivity index (χ1) is 6.83. The molecule has 0 amide bonds. The minimum atomic E-state index is 0.282. The van der Waals surface area contributed by atoms with Crippen molar-refractivity contribution in [2.45, 2.75) is 37.5 Å². The lowest BCUT2D eigenvalue weighted by molar-refractivity contribution is -0.111. The maximum atomic E-state index is 11.5. The van der Waals surface area contributed by atoms with Crippen LogP contribution in [0.3, 0.4) is 0 Å². The number of hydrogen-bond donors (Lipinski definition) is 0. The molecule has 0 saturated carbocycles. The zero-order valence-electron chi connectivity index (χ0n) is 8.53. The third-order valence-electron chi connectivity index (χ3n) is 1.96. The fourth-order valence-corrected chi connectivity index (χ4v) is 1.99. The molecule has 0 unspecified atom stereocenters. The summed E-state index contributed by atoms with van der Waals surface area (Å²) in [6, 6.07) is 9.83. The first-order valence-electron chi connectivity index (χ1n) is 5.08. The number of thioether (sulfide) groups is 1. The van der Waals surface area contributed by atoms with Crippen LogP contribution in [0.2, 0.25) is 0 Å². The zero-order chi connectivity index (χ0) is 10.2. The Morgan fingerprint density at radius 1 is 1.21 bits per heavy atom. The van der Waals surface area contributed by atoms with Crippen molar-refractivity contribution in [3.63, 3.8) is 0 Å². The van der Waals surface area contributed by atoms with Gasteiger partial charge in [0.05, 0.1) is 0 Å². The van der Waals surface area contributed by atoms with Crippen LogP contribution < -0.4 is 0 Å². The standard InChI is InChI=1S/C12H16OS/c1-2-3-5-10-12(13)14-11-8-6-4-7-9-11/h4,6-9H,2-3,5,10H2,1H3. The Labute approximate surface area is 89.9 Å². The summed E-state index contributed by atoms with van der Waals surface area (Å²) >= 11 is 1.36. The Hall–Kier alpha value is -0.760. The van der Waals surface area contributed by atoms with Gasteiger partial charge in [-0.25, -0.2) is 0 Å². The molecule has 0 aliphatic heterocycles. The van der Waals surface area contributed by atoms with Crippen LogP contribution in [0.25, 0.3) is 0 Å². The minimum absolute atomic E-state index is 0.282. The van der Waals surface area contributed by atoms with Gasteiger partial charge in [0.15, 0.2) is 5.12 Å². The first kappa shape index (κ1) is 11.3. The quantitative estimate of drug-likeness (QED) is 0.539. The van der Waals surface area contributed by atoms with Gasteiger partial charge in [-0.15, -0.1) is 0 Å². The van der Waals surface area contributed by atoms with Crippen molar-refractivity contribution >= 4 is 16.9 Å². The first-order valence-corrected chi connectivity index (χ1v) is 5.90. The van der Waals surface area contributed by atoms with Gasteiger partial charge in [0, 0.05) is 11.3 Å². The van der Waals surface area contributed by atoms with E-state index < -0.39 is 0 Å². The second kappa shape index (κ2) is 6.66. The van der Waals surface area contributed by atoms with Crippen molar-refractivity contribution in [2.75, 3.05) is 0 Å². The van der Waals surface area contributed by atoms with Crippen molar-refractivity contribution < 1.29 is 4.79 Å². The summed E-state index contributed by atoms with van der Waals surface area (Å²) in [6.45, 7) is 2.15. The van der Waals surface area contributed by atoms with Crippen molar-refractivity contribution in [1.29, 1.82) is 0 Å². The average molecular weight is 208 g/mol. The fraction of sp³-hybridized carbons (Fsp3) is 0.417. The molecule has 1 nitrogen and oxygen atoms in total. The topological polar surface area (TPSA) is 17.1 Å². The van der Waals surface area contributed by atoms with E-state index in [1.165, 1.54) is 18.2 Å². The molecule has 0 fully saturated rings. The Morgan fingerprint density at radius 2 is 1.93 bits per heavy atom. The van der Waals surface area contributed by atoms with Gasteiger partial charge < -0.3 is 0 Å². The van der Waals surface area contributed by atoms with Crippen LogP contribution in [-0.2, 0) is 4.79 Å². The third kappa shape index (κ3) is 4.47. The lowest BCUT2D eigenvalue weighted by Gasteiger charge is -1.99. The summed E-state index contributed by atoms with van der Waals surface area (Å²) < 4.78 is 0. The molecule has 0 saturated heterocycles. The lowest BCUT2D eigenvalue weighted by Crippen LogP contribution is -1.90. The van der Waals surface area contributed by atoms with Gasteiger partial charge in [-0.05, 0) is 18.6 Å². The van der Waals surface area contributed by atoms with Crippen LogP contribution >= 0.6 is 11.8 Å². The van der Waals surface area contributed by atoms with E-state index in [0.29, 0.717) is 6.42 Å². The highest BCUT2D eigenvalue weighted by Crippen LogP contribution is 2.20. The Bertz CT molecular complexity index is 269. The molecule has 0 spiro atoms. The molecular weight excluding hydrogens is 192 g/mol. The van der Waals surface area contributed by atoms with Crippen LogP contribution in [0.4, 0.5) is 0 Å². The van der Waals surface area contributed by atoms with E-state index in [0.717, 1.165) is 17.7 Å². The molecule has 0 aromatic heterocycles. The van der Waals surface area contributed by atoms with E-state index in [1.54, 1.807) is 0 Å². The molecule has 0 atom stereocenters. The van der Waals surface area contributed by atoms with E-state index >= 15 is 0 Å². The van der Waals surface area contributed by atoms with Gasteiger partial charge in [-0.2, -0.15) is 0 Å². The number of carbonyl (C=O) groups is 1. The molecule has 0 heterocycles. The molecule has 0 bridgehead atoms. The third-order valence-corrected chi connectivity index (χ3v) is 2.90. The monoisotopic (exact) mass is 208 g/mol. The molecule has 0 aliphatic rings. The molecule has 14 heavy (non-hydrogen) atoms. The van der Waals surface area contributed by atoms with Crippen molar-refractivity contribution in [3.05, 3.63) is 30.3 Å². The highest BCUT2D eigenvalue weighted by atomic mass is 32.2. The molecule has 1 rings (SSSR count). The van der Waals surface area contributed by atoms with Gasteiger partial charge in [0.1, 0.15) is 0 Å². The van der Waals surface area contributed by atoms with E-state index in [9.17, 15) is 4.79 Å². The van der Waals surface area contributed by atoms with E-state index in [1.807, 2.05) is 30.3 Å². The largest absolute Gasteiger partial charge is 0.287 e. The summed E-state index contributed by atoms with van der Waals surface area (Å²) in [5, 5.41) is 0.282. The van der Waals surface area contributed by atoms with Gasteiger partial charge >= 0.3 is 0 Å². The number of rotatable bonds is 5. The van der Waals surface area contributed by atoms with Gasteiger partial charge in [0.25, 0.3) is 0 Å². The second-order valence-electron chi connectivity index (χ2n) is 3.24. The number of unbranched alkanes of at least 4 members (excludes halogenated alkanes) is 2. The minimum Gasteiger partial charge on any atom is -0.287 e. The average Bonchev–Trinajstić information content (AvgIpc) is 2.20. The van der Waals surface area contributed by atoms with Crippen LogP contribution in [0.1, 0.15) is 32.6 Å². The summed E-state index contributed by atoms with van der Waals surface area (Å²) in [6.07, 6.45) is 4.05. The molecule has 0 N–H and O–H groups in total. The number of benzene rings is 1. The highest BCUT2D eigenvalue weighted by Gasteiger charge is 2.03. The van der Waals surface area contributed by atoms with Crippen LogP contribution in [0, 0.1) is 0 Å². The molecule has 1 aromatic rings. The molecule has 2 heteroatoms. The van der Waals surface area contributed by atoms with Gasteiger partial charge in [-0.3, -0.25) is 4.79 Å². The Balaban J connectivity index is 2.27. The molecular formula is C12H16OS. The maximum Gasteiger partial charge on any atom is 0.193 e. The Morgan fingerprint density at radius 3 is 2.57 bits per heavy atom. The summed E-state index contributed by atoms with van der Waals surface area (Å²) in [7, 11) is 0. The smallest absolute Gasteiger partial charge is 0.193 e. The second-order valence-corrected chi connectivity index (χ2v) is 4.38. The summed E-state index contributed by atoms with van der Waals surface area (Å²) in [5.41, 5.74) is 0. The van der Waals surface area contributed by atoms with Crippen LogP contribution in [-0.4, -0.2) is 5.12 Å². The predicted octanol–water partition coefficient (Wildman–Crippen LogP) is 3.89. The van der Waals surface area contributed by atoms with Crippen LogP contribution in [0.5, 0.6) is 0 Å². The SMILES string of the molecule is CCCCCC(=O)Sc1ccccc1. The van der Waals surface area contributed by atoms with Crippen molar-refractivity contribution in [1.82, 2.24) is 0 Å². The molecule has 0 aliphatic carbocycles. The fourth-order valence-electron chi connectivity index (χ4n) is 1.19. The Kier molecular flexibility index (Phi) is 5.38. The van der Waals surface area contributed by atoms with E-state index in [4.69, 9.17) is 0 Å². The van der Waals surface area contributed by atoms with Crippen molar-refractivity contribution in [2.24, 2.45) is 0 Å². The van der Waals surface area contributed by atoms with Crippen molar-refractivity contribution in [3.8, 4) is 0 Å². The van der Waals surface area contributed by atoms with Gasteiger partial charge in [-0.1, -0.05) is 49.7 Å². The predicted molar refractivity (Wildman–Crippen MR) is 61.4 cm³/mol. The molecule has 1 aromatic carbocycles. The maximum absolute atomic E-state index is 11.5. The summed E-state index contributed by atoms with van der Waals surface area (Å²) in [5.74, 6) is 0. The molecule has 0 radical (unpaired) electrons. The number of hydrogen-bond acceptors (Lipinski definition) is 2. The zero-order valence-corrected chi connectivity index (χ0v) is 9.35. The van der Waals surface area contributed by atoms with E-state index in [2.05, 4.69) is 6.92 Å². The number of carbonyl (C=O) groups excluding carboxylic acids is 1.